The molecule has 6 heteroatoms. The van der Waals surface area contributed by atoms with Gasteiger partial charge in [-0.25, -0.2) is 0 Å². The SMILES string of the molecule is Cc1cccc(C)c1NC(=O)c1c(C)n(Cc2ccc(Cl)cc2)c(C)c(Br)c1=O. The predicted molar refractivity (Wildman–Crippen MR) is 122 cm³/mol. The molecule has 1 heterocycles. The number of hydrogen-bond donors (Lipinski definition) is 1. The van der Waals surface area contributed by atoms with Gasteiger partial charge in [0.15, 0.2) is 0 Å². The fourth-order valence-corrected chi connectivity index (χ4v) is 3.95. The largest absolute Gasteiger partial charge is 0.343 e. The molecule has 0 saturated heterocycles. The second kappa shape index (κ2) is 8.56. The molecule has 3 rings (SSSR count). The summed E-state index contributed by atoms with van der Waals surface area (Å²) in [6, 6.07) is 13.3. The molecule has 3 aromatic rings. The van der Waals surface area contributed by atoms with Gasteiger partial charge in [0.25, 0.3) is 5.91 Å². The van der Waals surface area contributed by atoms with Crippen LogP contribution in [0.1, 0.15) is 38.4 Å². The highest BCUT2D eigenvalue weighted by molar-refractivity contribution is 9.10. The maximum Gasteiger partial charge on any atom is 0.261 e. The van der Waals surface area contributed by atoms with Crippen LogP contribution in [0.4, 0.5) is 5.69 Å². The highest BCUT2D eigenvalue weighted by atomic mass is 79.9. The van der Waals surface area contributed by atoms with Gasteiger partial charge in [0, 0.05) is 28.6 Å². The van der Waals surface area contributed by atoms with Gasteiger partial charge in [-0.3, -0.25) is 9.59 Å². The summed E-state index contributed by atoms with van der Waals surface area (Å²) >= 11 is 9.37. The number of benzene rings is 2. The van der Waals surface area contributed by atoms with E-state index in [1.54, 1.807) is 6.92 Å². The Bertz CT molecular complexity index is 1130. The molecule has 1 amide bonds. The van der Waals surface area contributed by atoms with E-state index in [0.717, 1.165) is 28.1 Å². The summed E-state index contributed by atoms with van der Waals surface area (Å²) in [5.41, 5.74) is 4.87. The lowest BCUT2D eigenvalue weighted by Gasteiger charge is -2.20. The molecule has 1 N–H and O–H groups in total. The normalized spacial score (nSPS) is 10.8. The quantitative estimate of drug-likeness (QED) is 0.521. The first-order chi connectivity index (χ1) is 13.7. The predicted octanol–water partition coefficient (Wildman–Crippen LogP) is 5.80. The van der Waals surface area contributed by atoms with Crippen LogP contribution in [0, 0.1) is 27.7 Å². The Morgan fingerprint density at radius 2 is 1.59 bits per heavy atom. The number of nitrogens with one attached hydrogen (secondary N) is 1. The monoisotopic (exact) mass is 472 g/mol. The first kappa shape index (κ1) is 21.3. The van der Waals surface area contributed by atoms with Crippen LogP contribution in [0.25, 0.3) is 0 Å². The van der Waals surface area contributed by atoms with Crippen LogP contribution in [-0.4, -0.2) is 10.5 Å². The Balaban J connectivity index is 2.07. The average Bonchev–Trinajstić information content (AvgIpc) is 2.68. The Kier molecular flexibility index (Phi) is 6.30. The number of halogens is 2. The number of pyridine rings is 1. The van der Waals surface area contributed by atoms with Crippen molar-refractivity contribution in [3.05, 3.63) is 95.8 Å². The Labute approximate surface area is 183 Å². The number of hydrogen-bond acceptors (Lipinski definition) is 2. The van der Waals surface area contributed by atoms with E-state index in [9.17, 15) is 9.59 Å². The smallest absolute Gasteiger partial charge is 0.261 e. The van der Waals surface area contributed by atoms with Crippen molar-refractivity contribution < 1.29 is 4.79 Å². The van der Waals surface area contributed by atoms with Crippen molar-refractivity contribution in [1.82, 2.24) is 4.57 Å². The minimum absolute atomic E-state index is 0.138. The van der Waals surface area contributed by atoms with Gasteiger partial charge in [0.2, 0.25) is 5.43 Å². The van der Waals surface area contributed by atoms with E-state index in [1.165, 1.54) is 0 Å². The molecular weight excluding hydrogens is 452 g/mol. The van der Waals surface area contributed by atoms with Crippen LogP contribution in [0.2, 0.25) is 5.02 Å². The van der Waals surface area contributed by atoms with Gasteiger partial charge in [-0.1, -0.05) is 41.9 Å². The third-order valence-corrected chi connectivity index (χ3v) is 6.30. The number of nitrogens with zero attached hydrogens (tertiary/aromatic N) is 1. The molecule has 0 unspecified atom stereocenters. The molecule has 0 atom stereocenters. The van der Waals surface area contributed by atoms with Crippen LogP contribution in [0.3, 0.4) is 0 Å². The van der Waals surface area contributed by atoms with Crippen molar-refractivity contribution in [2.24, 2.45) is 0 Å². The van der Waals surface area contributed by atoms with Gasteiger partial charge in [-0.15, -0.1) is 0 Å². The molecule has 4 nitrogen and oxygen atoms in total. The van der Waals surface area contributed by atoms with Crippen LogP contribution >= 0.6 is 27.5 Å². The average molecular weight is 474 g/mol. The molecule has 0 spiro atoms. The minimum Gasteiger partial charge on any atom is -0.343 e. The van der Waals surface area contributed by atoms with Gasteiger partial charge < -0.3 is 9.88 Å². The maximum absolute atomic E-state index is 13.1. The second-order valence-electron chi connectivity index (χ2n) is 7.12. The fraction of sp³-hybridized carbons (Fsp3) is 0.217. The maximum atomic E-state index is 13.1. The molecule has 29 heavy (non-hydrogen) atoms. The molecule has 0 aliphatic carbocycles. The zero-order valence-electron chi connectivity index (χ0n) is 16.8. The number of amides is 1. The molecule has 0 fully saturated rings. The van der Waals surface area contributed by atoms with Crippen molar-refractivity contribution in [2.45, 2.75) is 34.2 Å². The van der Waals surface area contributed by atoms with Crippen molar-refractivity contribution >= 4 is 39.1 Å². The zero-order chi connectivity index (χ0) is 21.3. The molecule has 0 saturated carbocycles. The third kappa shape index (κ3) is 4.31. The lowest BCUT2D eigenvalue weighted by molar-refractivity contribution is 0.102. The van der Waals surface area contributed by atoms with Crippen molar-refractivity contribution in [3.8, 4) is 0 Å². The summed E-state index contributed by atoms with van der Waals surface area (Å²) in [6.45, 7) is 8.05. The zero-order valence-corrected chi connectivity index (χ0v) is 19.1. The van der Waals surface area contributed by atoms with Gasteiger partial charge in [-0.2, -0.15) is 0 Å². The van der Waals surface area contributed by atoms with Gasteiger partial charge >= 0.3 is 0 Å². The van der Waals surface area contributed by atoms with Gasteiger partial charge in [0.05, 0.1) is 4.47 Å². The van der Waals surface area contributed by atoms with E-state index < -0.39 is 5.91 Å². The highest BCUT2D eigenvalue weighted by Crippen LogP contribution is 2.23. The van der Waals surface area contributed by atoms with E-state index in [-0.39, 0.29) is 11.0 Å². The molecule has 2 aromatic carbocycles. The van der Waals surface area contributed by atoms with E-state index in [4.69, 9.17) is 11.6 Å². The molecule has 0 bridgehead atoms. The Hall–Kier alpha value is -2.37. The van der Waals surface area contributed by atoms with E-state index in [1.807, 2.05) is 67.8 Å². The summed E-state index contributed by atoms with van der Waals surface area (Å²) in [5.74, 6) is -0.407. The number of rotatable bonds is 4. The molecule has 0 radical (unpaired) electrons. The van der Waals surface area contributed by atoms with Gasteiger partial charge in [-0.05, 0) is 72.4 Å². The second-order valence-corrected chi connectivity index (χ2v) is 8.35. The molecule has 0 aliphatic rings. The van der Waals surface area contributed by atoms with Crippen molar-refractivity contribution in [3.63, 3.8) is 0 Å². The highest BCUT2D eigenvalue weighted by Gasteiger charge is 2.22. The van der Waals surface area contributed by atoms with Crippen LogP contribution in [-0.2, 0) is 6.54 Å². The molecular formula is C23H22BrClN2O2. The Morgan fingerprint density at radius 3 is 2.17 bits per heavy atom. The number of carbonyl (C=O) groups excluding carboxylic acids is 1. The summed E-state index contributed by atoms with van der Waals surface area (Å²) in [7, 11) is 0. The molecule has 150 valence electrons. The minimum atomic E-state index is -0.407. The summed E-state index contributed by atoms with van der Waals surface area (Å²) in [6.07, 6.45) is 0. The number of aryl methyl sites for hydroxylation is 2. The van der Waals surface area contributed by atoms with Crippen molar-refractivity contribution in [2.75, 3.05) is 5.32 Å². The fourth-order valence-electron chi connectivity index (χ4n) is 3.41. The first-order valence-electron chi connectivity index (χ1n) is 9.22. The van der Waals surface area contributed by atoms with Crippen LogP contribution in [0.5, 0.6) is 0 Å². The summed E-state index contributed by atoms with van der Waals surface area (Å²) in [5, 5.41) is 3.59. The number of aromatic nitrogens is 1. The standard InChI is InChI=1S/C23H22BrClN2O2/c1-13-6-5-7-14(2)21(13)26-23(29)19-15(3)27(16(4)20(24)22(19)28)12-17-8-10-18(25)11-9-17/h5-11H,12H2,1-4H3,(H,26,29). The lowest BCUT2D eigenvalue weighted by Crippen LogP contribution is -2.29. The topological polar surface area (TPSA) is 51.1 Å². The van der Waals surface area contributed by atoms with Crippen LogP contribution < -0.4 is 10.7 Å². The summed E-state index contributed by atoms with van der Waals surface area (Å²) < 4.78 is 2.36. The molecule has 0 aliphatic heterocycles. The lowest BCUT2D eigenvalue weighted by atomic mass is 10.1. The molecule has 1 aromatic heterocycles. The first-order valence-corrected chi connectivity index (χ1v) is 10.4. The Morgan fingerprint density at radius 1 is 1.00 bits per heavy atom. The van der Waals surface area contributed by atoms with E-state index in [2.05, 4.69) is 21.2 Å². The third-order valence-electron chi connectivity index (χ3n) is 5.12. The van der Waals surface area contributed by atoms with Crippen LogP contribution in [0.15, 0.2) is 51.7 Å². The van der Waals surface area contributed by atoms with Crippen molar-refractivity contribution in [1.29, 1.82) is 0 Å². The number of para-hydroxylation sites is 1. The van der Waals surface area contributed by atoms with E-state index >= 15 is 0 Å². The number of anilines is 1. The summed E-state index contributed by atoms with van der Waals surface area (Å²) in [4.78, 5) is 26.0. The van der Waals surface area contributed by atoms with E-state index in [0.29, 0.717) is 21.7 Å². The van der Waals surface area contributed by atoms with Gasteiger partial charge in [0.1, 0.15) is 5.56 Å². The number of carbonyl (C=O) groups is 1.